The van der Waals surface area contributed by atoms with Gasteiger partial charge >= 0.3 is 6.03 Å². The van der Waals surface area contributed by atoms with E-state index in [2.05, 4.69) is 16.0 Å². The Morgan fingerprint density at radius 3 is 2.23 bits per heavy atom. The number of hydrogen-bond acceptors (Lipinski definition) is 2. The standard InChI is InChI=1S/C21H27N3O2/c1-4-21(2,3)24-19(25)17-10-12-18(13-11-17)23-20(26)22-15-14-16-8-6-5-7-9-16/h5-13H,4,14-15H2,1-3H3,(H,24,25)(H2,22,23,26). The Balaban J connectivity index is 1.80. The first-order valence-electron chi connectivity index (χ1n) is 8.91. The molecule has 138 valence electrons. The second-order valence-corrected chi connectivity index (χ2v) is 6.89. The Morgan fingerprint density at radius 1 is 0.962 bits per heavy atom. The molecule has 5 nitrogen and oxygen atoms in total. The third-order valence-electron chi connectivity index (χ3n) is 4.28. The van der Waals surface area contributed by atoms with E-state index in [0.29, 0.717) is 17.8 Å². The van der Waals surface area contributed by atoms with Gasteiger partial charge in [0.1, 0.15) is 0 Å². The molecule has 2 rings (SSSR count). The fraction of sp³-hybridized carbons (Fsp3) is 0.333. The molecule has 0 saturated carbocycles. The minimum absolute atomic E-state index is 0.115. The monoisotopic (exact) mass is 353 g/mol. The van der Waals surface area contributed by atoms with Gasteiger partial charge in [0.15, 0.2) is 0 Å². The number of carbonyl (C=O) groups excluding carboxylic acids is 2. The number of benzene rings is 2. The molecular weight excluding hydrogens is 326 g/mol. The van der Waals surface area contributed by atoms with E-state index in [1.54, 1.807) is 24.3 Å². The Labute approximate surface area is 155 Å². The first-order valence-corrected chi connectivity index (χ1v) is 8.91. The summed E-state index contributed by atoms with van der Waals surface area (Å²) in [6.45, 7) is 6.56. The summed E-state index contributed by atoms with van der Waals surface area (Å²) in [6, 6.07) is 16.6. The van der Waals surface area contributed by atoms with E-state index in [4.69, 9.17) is 0 Å². The Morgan fingerprint density at radius 2 is 1.62 bits per heavy atom. The van der Waals surface area contributed by atoms with Gasteiger partial charge in [-0.3, -0.25) is 4.79 Å². The molecule has 3 N–H and O–H groups in total. The van der Waals surface area contributed by atoms with E-state index in [9.17, 15) is 9.59 Å². The molecule has 0 aliphatic heterocycles. The lowest BCUT2D eigenvalue weighted by Gasteiger charge is -2.24. The largest absolute Gasteiger partial charge is 0.347 e. The molecular formula is C21H27N3O2. The summed E-state index contributed by atoms with van der Waals surface area (Å²) >= 11 is 0. The van der Waals surface area contributed by atoms with Crippen LogP contribution < -0.4 is 16.0 Å². The van der Waals surface area contributed by atoms with Crippen molar-refractivity contribution in [1.82, 2.24) is 10.6 Å². The third kappa shape index (κ3) is 6.24. The van der Waals surface area contributed by atoms with Crippen LogP contribution in [0.4, 0.5) is 10.5 Å². The van der Waals surface area contributed by atoms with Crippen molar-refractivity contribution in [1.29, 1.82) is 0 Å². The van der Waals surface area contributed by atoms with Crippen molar-refractivity contribution in [3.05, 3.63) is 65.7 Å². The van der Waals surface area contributed by atoms with E-state index in [-0.39, 0.29) is 17.5 Å². The van der Waals surface area contributed by atoms with Crippen molar-refractivity contribution in [3.63, 3.8) is 0 Å². The molecule has 0 fully saturated rings. The highest BCUT2D eigenvalue weighted by Gasteiger charge is 2.18. The van der Waals surface area contributed by atoms with Crippen molar-refractivity contribution < 1.29 is 9.59 Å². The fourth-order valence-electron chi connectivity index (χ4n) is 2.31. The summed E-state index contributed by atoms with van der Waals surface area (Å²) in [4.78, 5) is 24.2. The van der Waals surface area contributed by atoms with E-state index in [0.717, 1.165) is 12.8 Å². The molecule has 0 heterocycles. The average molecular weight is 353 g/mol. The third-order valence-corrected chi connectivity index (χ3v) is 4.28. The lowest BCUT2D eigenvalue weighted by Crippen LogP contribution is -2.42. The molecule has 5 heteroatoms. The van der Waals surface area contributed by atoms with Crippen molar-refractivity contribution in [2.45, 2.75) is 39.2 Å². The van der Waals surface area contributed by atoms with Crippen molar-refractivity contribution in [2.75, 3.05) is 11.9 Å². The molecule has 26 heavy (non-hydrogen) atoms. The zero-order valence-electron chi connectivity index (χ0n) is 15.6. The van der Waals surface area contributed by atoms with E-state index >= 15 is 0 Å². The number of hydrogen-bond donors (Lipinski definition) is 3. The van der Waals surface area contributed by atoms with Crippen molar-refractivity contribution >= 4 is 17.6 Å². The molecule has 0 atom stereocenters. The maximum Gasteiger partial charge on any atom is 0.319 e. The van der Waals surface area contributed by atoms with Crippen LogP contribution in [-0.2, 0) is 6.42 Å². The molecule has 0 aliphatic carbocycles. The van der Waals surface area contributed by atoms with E-state index < -0.39 is 0 Å². The van der Waals surface area contributed by atoms with Gasteiger partial charge in [-0.1, -0.05) is 37.3 Å². The van der Waals surface area contributed by atoms with Gasteiger partial charge in [-0.15, -0.1) is 0 Å². The van der Waals surface area contributed by atoms with Crippen molar-refractivity contribution in [2.24, 2.45) is 0 Å². The summed E-state index contributed by atoms with van der Waals surface area (Å²) in [5, 5.41) is 8.59. The zero-order valence-corrected chi connectivity index (χ0v) is 15.6. The first-order chi connectivity index (χ1) is 12.4. The lowest BCUT2D eigenvalue weighted by molar-refractivity contribution is 0.0911. The van der Waals surface area contributed by atoms with Gasteiger partial charge in [0.05, 0.1) is 0 Å². The van der Waals surface area contributed by atoms with E-state index in [1.165, 1.54) is 5.56 Å². The van der Waals surface area contributed by atoms with Gasteiger partial charge in [0.25, 0.3) is 5.91 Å². The van der Waals surface area contributed by atoms with Crippen LogP contribution in [0.25, 0.3) is 0 Å². The van der Waals surface area contributed by atoms with Gasteiger partial charge < -0.3 is 16.0 Å². The molecule has 2 aromatic carbocycles. The molecule has 2 aromatic rings. The number of rotatable bonds is 7. The predicted molar refractivity (Wildman–Crippen MR) is 105 cm³/mol. The highest BCUT2D eigenvalue weighted by atomic mass is 16.2. The number of nitrogens with one attached hydrogen (secondary N) is 3. The summed E-state index contributed by atoms with van der Waals surface area (Å²) in [5.74, 6) is -0.115. The predicted octanol–water partition coefficient (Wildman–Crippen LogP) is 3.97. The molecule has 0 aliphatic rings. The van der Waals surface area contributed by atoms with Crippen molar-refractivity contribution in [3.8, 4) is 0 Å². The first kappa shape index (κ1) is 19.5. The summed E-state index contributed by atoms with van der Waals surface area (Å²) in [5.41, 5.74) is 2.15. The topological polar surface area (TPSA) is 70.2 Å². The second kappa shape index (κ2) is 9.04. The van der Waals surface area contributed by atoms with Gasteiger partial charge in [-0.25, -0.2) is 4.79 Å². The average Bonchev–Trinajstić information content (AvgIpc) is 2.63. The lowest BCUT2D eigenvalue weighted by atomic mass is 10.0. The maximum atomic E-state index is 12.2. The number of urea groups is 1. The highest BCUT2D eigenvalue weighted by Crippen LogP contribution is 2.12. The quantitative estimate of drug-likeness (QED) is 0.705. The smallest absolute Gasteiger partial charge is 0.319 e. The van der Waals surface area contributed by atoms with Gasteiger partial charge in [-0.05, 0) is 56.5 Å². The van der Waals surface area contributed by atoms with Crippen LogP contribution in [0.1, 0.15) is 43.1 Å². The number of anilines is 1. The minimum atomic E-state index is -0.259. The normalized spacial score (nSPS) is 10.9. The maximum absolute atomic E-state index is 12.2. The van der Waals surface area contributed by atoms with E-state index in [1.807, 2.05) is 51.1 Å². The number of amides is 3. The summed E-state index contributed by atoms with van der Waals surface area (Å²) in [7, 11) is 0. The van der Waals surface area contributed by atoms with Gasteiger partial charge in [0, 0.05) is 23.3 Å². The fourth-order valence-corrected chi connectivity index (χ4v) is 2.31. The van der Waals surface area contributed by atoms with Crippen LogP contribution in [0.5, 0.6) is 0 Å². The Bertz CT molecular complexity index is 725. The highest BCUT2D eigenvalue weighted by molar-refractivity contribution is 5.95. The molecule has 0 aromatic heterocycles. The molecule has 0 bridgehead atoms. The molecule has 3 amide bonds. The zero-order chi connectivity index (χ0) is 19.0. The molecule has 0 radical (unpaired) electrons. The SMILES string of the molecule is CCC(C)(C)NC(=O)c1ccc(NC(=O)NCCc2ccccc2)cc1. The minimum Gasteiger partial charge on any atom is -0.347 e. The van der Waals surface area contributed by atoms with Crippen LogP contribution >= 0.6 is 0 Å². The Kier molecular flexibility index (Phi) is 6.78. The molecule has 0 spiro atoms. The number of carbonyl (C=O) groups is 2. The molecule has 0 unspecified atom stereocenters. The van der Waals surface area contributed by atoms with Crippen LogP contribution in [0.15, 0.2) is 54.6 Å². The van der Waals surface area contributed by atoms with Crippen LogP contribution in [-0.4, -0.2) is 24.0 Å². The second-order valence-electron chi connectivity index (χ2n) is 6.89. The summed E-state index contributed by atoms with van der Waals surface area (Å²) in [6.07, 6.45) is 1.63. The van der Waals surface area contributed by atoms with Gasteiger partial charge in [-0.2, -0.15) is 0 Å². The van der Waals surface area contributed by atoms with Gasteiger partial charge in [0.2, 0.25) is 0 Å². The van der Waals surface area contributed by atoms with Crippen LogP contribution in [0, 0.1) is 0 Å². The summed E-state index contributed by atoms with van der Waals surface area (Å²) < 4.78 is 0. The van der Waals surface area contributed by atoms with Crippen LogP contribution in [0.3, 0.4) is 0 Å². The van der Waals surface area contributed by atoms with Crippen LogP contribution in [0.2, 0.25) is 0 Å². The molecule has 0 saturated heterocycles. The Hall–Kier alpha value is -2.82.